The molecule has 27 heavy (non-hydrogen) atoms. The van der Waals surface area contributed by atoms with E-state index in [0.29, 0.717) is 11.1 Å². The largest absolute Gasteiger partial charge is 0.493 e. The molecule has 2 aromatic rings. The predicted molar refractivity (Wildman–Crippen MR) is 92.5 cm³/mol. The Balaban J connectivity index is 1.84. The van der Waals surface area contributed by atoms with Crippen LogP contribution in [-0.4, -0.2) is 30.6 Å². The van der Waals surface area contributed by atoms with Crippen molar-refractivity contribution in [3.63, 3.8) is 0 Å². The number of amides is 3. The second kappa shape index (κ2) is 7.22. The van der Waals surface area contributed by atoms with E-state index in [4.69, 9.17) is 4.74 Å². The van der Waals surface area contributed by atoms with Crippen molar-refractivity contribution in [2.24, 2.45) is 0 Å². The van der Waals surface area contributed by atoms with Gasteiger partial charge in [0, 0.05) is 0 Å². The SMILES string of the molecule is COc1cc(CN2C(=O)N[C@](C)(c3ccccc3)C2=O)ccc1OC(F)F. The Morgan fingerprint density at radius 1 is 1.11 bits per heavy atom. The van der Waals surface area contributed by atoms with E-state index in [1.54, 1.807) is 31.2 Å². The molecule has 0 unspecified atom stereocenters. The van der Waals surface area contributed by atoms with Gasteiger partial charge < -0.3 is 14.8 Å². The average molecular weight is 376 g/mol. The fourth-order valence-electron chi connectivity index (χ4n) is 2.99. The molecule has 1 saturated heterocycles. The molecule has 0 bridgehead atoms. The van der Waals surface area contributed by atoms with Gasteiger partial charge in [-0.1, -0.05) is 36.4 Å². The zero-order chi connectivity index (χ0) is 19.6. The first-order chi connectivity index (χ1) is 12.8. The van der Waals surface area contributed by atoms with Crippen LogP contribution in [0.5, 0.6) is 11.5 Å². The topological polar surface area (TPSA) is 67.9 Å². The molecule has 1 aliphatic heterocycles. The van der Waals surface area contributed by atoms with Gasteiger partial charge in [-0.15, -0.1) is 0 Å². The number of methoxy groups -OCH3 is 1. The van der Waals surface area contributed by atoms with Crippen molar-refractivity contribution in [2.45, 2.75) is 25.6 Å². The monoisotopic (exact) mass is 376 g/mol. The molecule has 1 fully saturated rings. The molecule has 8 heteroatoms. The Morgan fingerprint density at radius 3 is 2.44 bits per heavy atom. The van der Waals surface area contributed by atoms with Gasteiger partial charge >= 0.3 is 12.6 Å². The van der Waals surface area contributed by atoms with Gasteiger partial charge in [0.2, 0.25) is 0 Å². The summed E-state index contributed by atoms with van der Waals surface area (Å²) in [6.45, 7) is -1.37. The van der Waals surface area contributed by atoms with Crippen LogP contribution in [0.25, 0.3) is 0 Å². The summed E-state index contributed by atoms with van der Waals surface area (Å²) >= 11 is 0. The van der Waals surface area contributed by atoms with Crippen LogP contribution in [0.3, 0.4) is 0 Å². The summed E-state index contributed by atoms with van der Waals surface area (Å²) in [4.78, 5) is 26.4. The zero-order valence-electron chi connectivity index (χ0n) is 14.7. The van der Waals surface area contributed by atoms with Crippen LogP contribution in [-0.2, 0) is 16.9 Å². The van der Waals surface area contributed by atoms with E-state index in [2.05, 4.69) is 10.1 Å². The molecule has 3 amide bonds. The lowest BCUT2D eigenvalue weighted by atomic mass is 9.92. The Labute approximate surface area is 154 Å². The lowest BCUT2D eigenvalue weighted by Crippen LogP contribution is -2.40. The molecule has 0 radical (unpaired) electrons. The molecule has 0 aliphatic carbocycles. The van der Waals surface area contributed by atoms with Crippen LogP contribution in [0, 0.1) is 0 Å². The normalized spacial score (nSPS) is 19.4. The number of ether oxygens (including phenoxy) is 2. The molecular formula is C19H18F2N2O4. The third-order valence-corrected chi connectivity index (χ3v) is 4.41. The molecule has 1 aliphatic rings. The van der Waals surface area contributed by atoms with Crippen LogP contribution in [0.1, 0.15) is 18.1 Å². The number of halogens is 2. The van der Waals surface area contributed by atoms with E-state index in [-0.39, 0.29) is 18.0 Å². The predicted octanol–water partition coefficient (Wildman–Crippen LogP) is 3.26. The summed E-state index contributed by atoms with van der Waals surface area (Å²) in [6, 6.07) is 12.7. The molecule has 1 atom stereocenters. The zero-order valence-corrected chi connectivity index (χ0v) is 14.7. The van der Waals surface area contributed by atoms with Crippen molar-refractivity contribution in [1.82, 2.24) is 10.2 Å². The second-order valence-electron chi connectivity index (χ2n) is 6.18. The van der Waals surface area contributed by atoms with Gasteiger partial charge in [0.15, 0.2) is 11.5 Å². The highest BCUT2D eigenvalue weighted by molar-refractivity contribution is 6.07. The minimum absolute atomic E-state index is 0.0294. The summed E-state index contributed by atoms with van der Waals surface area (Å²) in [7, 11) is 1.32. The van der Waals surface area contributed by atoms with Gasteiger partial charge in [-0.25, -0.2) is 4.79 Å². The van der Waals surface area contributed by atoms with Crippen molar-refractivity contribution in [3.8, 4) is 11.5 Å². The van der Waals surface area contributed by atoms with Gasteiger partial charge in [-0.3, -0.25) is 9.69 Å². The number of imide groups is 1. The van der Waals surface area contributed by atoms with Gasteiger partial charge in [0.25, 0.3) is 5.91 Å². The lowest BCUT2D eigenvalue weighted by Gasteiger charge is -2.22. The Hall–Kier alpha value is -3.16. The van der Waals surface area contributed by atoms with Crippen LogP contribution in [0.4, 0.5) is 13.6 Å². The first-order valence-corrected chi connectivity index (χ1v) is 8.16. The summed E-state index contributed by atoms with van der Waals surface area (Å²) in [6.07, 6.45) is 0. The van der Waals surface area contributed by atoms with Crippen molar-refractivity contribution in [1.29, 1.82) is 0 Å². The molecule has 0 spiro atoms. The summed E-state index contributed by atoms with van der Waals surface area (Å²) in [5, 5.41) is 2.72. The number of benzene rings is 2. The summed E-state index contributed by atoms with van der Waals surface area (Å²) in [5.74, 6) is -0.432. The molecule has 0 saturated carbocycles. The number of carbonyl (C=O) groups excluding carboxylic acids is 2. The highest BCUT2D eigenvalue weighted by Gasteiger charge is 2.48. The number of rotatable bonds is 6. The number of nitrogens with one attached hydrogen (secondary N) is 1. The van der Waals surface area contributed by atoms with Crippen LogP contribution in [0.2, 0.25) is 0 Å². The molecule has 6 nitrogen and oxygen atoms in total. The molecule has 1 heterocycles. The number of hydrogen-bond donors (Lipinski definition) is 1. The quantitative estimate of drug-likeness (QED) is 0.786. The van der Waals surface area contributed by atoms with Gasteiger partial charge in [0.05, 0.1) is 13.7 Å². The highest BCUT2D eigenvalue weighted by atomic mass is 19.3. The van der Waals surface area contributed by atoms with Crippen LogP contribution >= 0.6 is 0 Å². The molecule has 1 N–H and O–H groups in total. The van der Waals surface area contributed by atoms with Crippen LogP contribution < -0.4 is 14.8 Å². The van der Waals surface area contributed by atoms with E-state index >= 15 is 0 Å². The first-order valence-electron chi connectivity index (χ1n) is 8.16. The summed E-state index contributed by atoms with van der Waals surface area (Å²) < 4.78 is 34.3. The molecular weight excluding hydrogens is 358 g/mol. The van der Waals surface area contributed by atoms with Crippen molar-refractivity contribution in [2.75, 3.05) is 7.11 Å². The fraction of sp³-hybridized carbons (Fsp3) is 0.263. The Bertz CT molecular complexity index is 860. The fourth-order valence-corrected chi connectivity index (χ4v) is 2.99. The summed E-state index contributed by atoms with van der Waals surface area (Å²) in [5.41, 5.74) is 0.0413. The third kappa shape index (κ3) is 3.55. The van der Waals surface area contributed by atoms with Crippen molar-refractivity contribution in [3.05, 3.63) is 59.7 Å². The smallest absolute Gasteiger partial charge is 0.387 e. The number of carbonyl (C=O) groups is 2. The molecule has 2 aromatic carbocycles. The number of urea groups is 1. The highest BCUT2D eigenvalue weighted by Crippen LogP contribution is 2.32. The minimum atomic E-state index is -2.98. The maximum Gasteiger partial charge on any atom is 0.387 e. The van der Waals surface area contributed by atoms with Gasteiger partial charge in [-0.2, -0.15) is 8.78 Å². The van der Waals surface area contributed by atoms with E-state index < -0.39 is 24.1 Å². The molecule has 3 rings (SSSR count). The van der Waals surface area contributed by atoms with E-state index in [9.17, 15) is 18.4 Å². The first kappa shape index (κ1) is 18.6. The van der Waals surface area contributed by atoms with E-state index in [0.717, 1.165) is 4.90 Å². The Kier molecular flexibility index (Phi) is 4.98. The number of alkyl halides is 2. The van der Waals surface area contributed by atoms with Crippen molar-refractivity contribution < 1.29 is 27.8 Å². The maximum absolute atomic E-state index is 12.9. The maximum atomic E-state index is 12.9. The molecule has 0 aromatic heterocycles. The van der Waals surface area contributed by atoms with Crippen LogP contribution in [0.15, 0.2) is 48.5 Å². The lowest BCUT2D eigenvalue weighted by molar-refractivity contribution is -0.131. The number of hydrogen-bond acceptors (Lipinski definition) is 4. The third-order valence-electron chi connectivity index (χ3n) is 4.41. The minimum Gasteiger partial charge on any atom is -0.493 e. The number of nitrogens with zero attached hydrogens (tertiary/aromatic N) is 1. The standard InChI is InChI=1S/C19H18F2N2O4/c1-19(13-6-4-3-5-7-13)16(24)23(18(25)22-19)11-12-8-9-14(27-17(20)21)15(10-12)26-2/h3-10,17H,11H2,1-2H3,(H,22,25)/t19-/m1/s1. The van der Waals surface area contributed by atoms with Gasteiger partial charge in [0.1, 0.15) is 5.54 Å². The van der Waals surface area contributed by atoms with E-state index in [1.165, 1.54) is 25.3 Å². The molecule has 142 valence electrons. The van der Waals surface area contributed by atoms with Crippen molar-refractivity contribution >= 4 is 11.9 Å². The van der Waals surface area contributed by atoms with E-state index in [1.807, 2.05) is 6.07 Å². The Morgan fingerprint density at radius 2 is 1.81 bits per heavy atom. The second-order valence-corrected chi connectivity index (χ2v) is 6.18. The van der Waals surface area contributed by atoms with Gasteiger partial charge in [-0.05, 0) is 30.2 Å². The average Bonchev–Trinajstić information content (AvgIpc) is 2.87.